The van der Waals surface area contributed by atoms with Crippen LogP contribution in [0.15, 0.2) is 41.8 Å². The van der Waals surface area contributed by atoms with Crippen LogP contribution in [0.25, 0.3) is 0 Å². The molecule has 0 spiro atoms. The minimum absolute atomic E-state index is 0.293. The smallest absolute Gasteiger partial charge is 0.326 e. The summed E-state index contributed by atoms with van der Waals surface area (Å²) in [6, 6.07) is 10.7. The summed E-state index contributed by atoms with van der Waals surface area (Å²) >= 11 is 1.28. The van der Waals surface area contributed by atoms with Crippen LogP contribution in [0.3, 0.4) is 0 Å². The second-order valence-electron chi connectivity index (χ2n) is 5.15. The highest BCUT2D eigenvalue weighted by Crippen LogP contribution is 2.10. The van der Waals surface area contributed by atoms with Crippen LogP contribution in [-0.2, 0) is 14.3 Å². The number of rotatable bonds is 6. The van der Waals surface area contributed by atoms with E-state index < -0.39 is 18.0 Å². The maximum absolute atomic E-state index is 12.0. The van der Waals surface area contributed by atoms with Crippen LogP contribution in [0.4, 0.5) is 5.69 Å². The van der Waals surface area contributed by atoms with Crippen LogP contribution in [0.5, 0.6) is 0 Å². The third kappa shape index (κ3) is 5.20. The summed E-state index contributed by atoms with van der Waals surface area (Å²) in [5, 5.41) is 6.88. The lowest BCUT2D eigenvalue weighted by Crippen LogP contribution is -2.35. The van der Waals surface area contributed by atoms with Gasteiger partial charge in [0.05, 0.1) is 4.88 Å². The van der Waals surface area contributed by atoms with E-state index in [1.54, 1.807) is 29.6 Å². The first-order valence-electron chi connectivity index (χ1n) is 7.34. The zero-order valence-corrected chi connectivity index (χ0v) is 14.2. The lowest BCUT2D eigenvalue weighted by Gasteiger charge is -2.14. The normalized spacial score (nSPS) is 11.4. The molecule has 0 aliphatic rings. The molecule has 6 nitrogen and oxygen atoms in total. The van der Waals surface area contributed by atoms with Gasteiger partial charge in [0.2, 0.25) is 0 Å². The van der Waals surface area contributed by atoms with Crippen molar-refractivity contribution in [3.63, 3.8) is 0 Å². The number of ether oxygens (including phenoxy) is 1. The van der Waals surface area contributed by atoms with Crippen molar-refractivity contribution >= 4 is 34.8 Å². The molecule has 0 unspecified atom stereocenters. The van der Waals surface area contributed by atoms with Crippen molar-refractivity contribution in [3.8, 4) is 0 Å². The van der Waals surface area contributed by atoms with Gasteiger partial charge >= 0.3 is 5.97 Å². The maximum Gasteiger partial charge on any atom is 0.326 e. The molecule has 2 rings (SSSR count). The van der Waals surface area contributed by atoms with E-state index in [-0.39, 0.29) is 12.5 Å². The molecule has 126 valence electrons. The van der Waals surface area contributed by atoms with E-state index >= 15 is 0 Å². The quantitative estimate of drug-likeness (QED) is 0.787. The number of anilines is 1. The van der Waals surface area contributed by atoms with Crippen molar-refractivity contribution in [1.82, 2.24) is 5.32 Å². The van der Waals surface area contributed by atoms with E-state index in [0.717, 1.165) is 5.56 Å². The highest BCUT2D eigenvalue weighted by Gasteiger charge is 2.18. The average molecular weight is 346 g/mol. The molecule has 7 heteroatoms. The molecule has 1 aromatic carbocycles. The number of thiophene rings is 1. The fourth-order valence-corrected chi connectivity index (χ4v) is 2.46. The predicted octanol–water partition coefficient (Wildman–Crippen LogP) is 2.36. The Morgan fingerprint density at radius 2 is 1.88 bits per heavy atom. The lowest BCUT2D eigenvalue weighted by atomic mass is 10.2. The van der Waals surface area contributed by atoms with Crippen molar-refractivity contribution in [2.45, 2.75) is 20.0 Å². The first-order chi connectivity index (χ1) is 11.5. The fraction of sp³-hybridized carbons (Fsp3) is 0.235. The van der Waals surface area contributed by atoms with Gasteiger partial charge in [0, 0.05) is 5.69 Å². The number of amides is 2. The Kier molecular flexibility index (Phi) is 6.08. The molecular formula is C17H18N2O4S. The Bertz CT molecular complexity index is 711. The van der Waals surface area contributed by atoms with Crippen LogP contribution in [0.1, 0.15) is 22.2 Å². The number of carbonyl (C=O) groups is 3. The highest BCUT2D eigenvalue weighted by atomic mass is 32.1. The van der Waals surface area contributed by atoms with E-state index in [0.29, 0.717) is 10.6 Å². The Morgan fingerprint density at radius 3 is 2.50 bits per heavy atom. The number of esters is 1. The summed E-state index contributed by atoms with van der Waals surface area (Å²) < 4.78 is 5.01. The van der Waals surface area contributed by atoms with Crippen molar-refractivity contribution in [2.24, 2.45) is 0 Å². The summed E-state index contributed by atoms with van der Waals surface area (Å²) in [5.74, 6) is -1.46. The standard InChI is InChI=1S/C17H18N2O4S/c1-11-5-7-13(8-6-11)19-16(21)12(2)23-15(20)10-18-17(22)14-4-3-9-24-14/h3-9,12H,10H2,1-2H3,(H,18,22)(H,19,21)/t12-/m0/s1. The molecule has 0 aliphatic carbocycles. The molecule has 0 bridgehead atoms. The number of carbonyl (C=O) groups excluding carboxylic acids is 3. The van der Waals surface area contributed by atoms with Gasteiger partial charge in [0.25, 0.3) is 11.8 Å². The van der Waals surface area contributed by atoms with E-state index in [9.17, 15) is 14.4 Å². The van der Waals surface area contributed by atoms with Gasteiger partial charge in [0.15, 0.2) is 6.10 Å². The van der Waals surface area contributed by atoms with Gasteiger partial charge in [-0.2, -0.15) is 0 Å². The first-order valence-corrected chi connectivity index (χ1v) is 8.22. The fourth-order valence-electron chi connectivity index (χ4n) is 1.82. The van der Waals surface area contributed by atoms with Crippen LogP contribution in [0.2, 0.25) is 0 Å². The largest absolute Gasteiger partial charge is 0.451 e. The first kappa shape index (κ1) is 17.7. The number of benzene rings is 1. The summed E-state index contributed by atoms with van der Waals surface area (Å²) in [5.41, 5.74) is 1.70. The number of nitrogens with one attached hydrogen (secondary N) is 2. The molecule has 1 heterocycles. The number of hydrogen-bond acceptors (Lipinski definition) is 5. The number of hydrogen-bond donors (Lipinski definition) is 2. The molecule has 0 saturated carbocycles. The molecule has 0 fully saturated rings. The summed E-state index contributed by atoms with van der Waals surface area (Å²) in [6.07, 6.45) is -0.961. The Morgan fingerprint density at radius 1 is 1.17 bits per heavy atom. The molecule has 2 aromatic rings. The van der Waals surface area contributed by atoms with Crippen molar-refractivity contribution in [1.29, 1.82) is 0 Å². The Hall–Kier alpha value is -2.67. The topological polar surface area (TPSA) is 84.5 Å². The van der Waals surface area contributed by atoms with Gasteiger partial charge in [-0.25, -0.2) is 0 Å². The van der Waals surface area contributed by atoms with Crippen LogP contribution < -0.4 is 10.6 Å². The molecule has 0 radical (unpaired) electrons. The predicted molar refractivity (Wildman–Crippen MR) is 92.0 cm³/mol. The molecule has 0 aliphatic heterocycles. The molecule has 24 heavy (non-hydrogen) atoms. The van der Waals surface area contributed by atoms with Crippen molar-refractivity contribution < 1.29 is 19.1 Å². The molecule has 0 saturated heterocycles. The monoisotopic (exact) mass is 346 g/mol. The van der Waals surface area contributed by atoms with Crippen LogP contribution in [0, 0.1) is 6.92 Å². The van der Waals surface area contributed by atoms with E-state index in [1.165, 1.54) is 18.3 Å². The summed E-state index contributed by atoms with van der Waals surface area (Å²) in [6.45, 7) is 3.13. The summed E-state index contributed by atoms with van der Waals surface area (Å²) in [7, 11) is 0. The molecule has 2 amide bonds. The maximum atomic E-state index is 12.0. The number of aryl methyl sites for hydroxylation is 1. The van der Waals surface area contributed by atoms with Crippen molar-refractivity contribution in [3.05, 3.63) is 52.2 Å². The minimum Gasteiger partial charge on any atom is -0.451 e. The van der Waals surface area contributed by atoms with Crippen molar-refractivity contribution in [2.75, 3.05) is 11.9 Å². The van der Waals surface area contributed by atoms with E-state index in [4.69, 9.17) is 4.74 Å². The zero-order valence-electron chi connectivity index (χ0n) is 13.4. The highest BCUT2D eigenvalue weighted by molar-refractivity contribution is 7.12. The van der Waals surface area contributed by atoms with Gasteiger partial charge in [-0.1, -0.05) is 23.8 Å². The van der Waals surface area contributed by atoms with Crippen LogP contribution in [-0.4, -0.2) is 30.4 Å². The Labute approximate surface area is 143 Å². The second kappa shape index (κ2) is 8.26. The van der Waals surface area contributed by atoms with Gasteiger partial charge < -0.3 is 15.4 Å². The van der Waals surface area contributed by atoms with E-state index in [1.807, 2.05) is 19.1 Å². The van der Waals surface area contributed by atoms with Crippen LogP contribution >= 0.6 is 11.3 Å². The third-order valence-corrected chi connectivity index (χ3v) is 4.00. The second-order valence-corrected chi connectivity index (χ2v) is 6.10. The van der Waals surface area contributed by atoms with Gasteiger partial charge in [0.1, 0.15) is 6.54 Å². The van der Waals surface area contributed by atoms with Gasteiger partial charge in [-0.05, 0) is 37.4 Å². The van der Waals surface area contributed by atoms with Gasteiger partial charge in [-0.3, -0.25) is 14.4 Å². The Balaban J connectivity index is 1.77. The molecule has 1 atom stereocenters. The zero-order chi connectivity index (χ0) is 17.5. The lowest BCUT2D eigenvalue weighted by molar-refractivity contribution is -0.152. The minimum atomic E-state index is -0.961. The SMILES string of the molecule is Cc1ccc(NC(=O)[C@H](C)OC(=O)CNC(=O)c2cccs2)cc1. The molecular weight excluding hydrogens is 328 g/mol. The van der Waals surface area contributed by atoms with Gasteiger partial charge in [-0.15, -0.1) is 11.3 Å². The molecule has 2 N–H and O–H groups in total. The summed E-state index contributed by atoms with van der Waals surface area (Å²) in [4.78, 5) is 35.9. The average Bonchev–Trinajstić information content (AvgIpc) is 3.09. The van der Waals surface area contributed by atoms with E-state index in [2.05, 4.69) is 10.6 Å². The molecule has 1 aromatic heterocycles. The third-order valence-electron chi connectivity index (χ3n) is 3.13.